The maximum Gasteiger partial charge on any atom is 0.141 e. The summed E-state index contributed by atoms with van der Waals surface area (Å²) in [6.45, 7) is 0. The van der Waals surface area contributed by atoms with Crippen molar-refractivity contribution < 1.29 is 0 Å². The molecule has 2 aromatic rings. The Kier molecular flexibility index (Phi) is 1.60. The quantitative estimate of drug-likeness (QED) is 0.610. The number of aromatic nitrogens is 1. The zero-order valence-corrected chi connectivity index (χ0v) is 6.86. The van der Waals surface area contributed by atoms with E-state index in [2.05, 4.69) is 4.98 Å². The Hall–Kier alpha value is -2.08. The fourth-order valence-corrected chi connectivity index (χ4v) is 1.20. The Labute approximate surface area is 75.4 Å². The normalized spacial score (nSPS) is 9.77. The smallest absolute Gasteiger partial charge is 0.141 e. The average molecular weight is 169 g/mol. The third-order valence-corrected chi connectivity index (χ3v) is 1.83. The Morgan fingerprint density at radius 2 is 2.00 bits per heavy atom. The SMILES string of the molecule is N#Cc1ccc2ccc(N)cc2n1. The van der Waals surface area contributed by atoms with Crippen molar-refractivity contribution in [3.8, 4) is 6.07 Å². The Balaban J connectivity index is 2.77. The fourth-order valence-electron chi connectivity index (χ4n) is 1.20. The summed E-state index contributed by atoms with van der Waals surface area (Å²) in [7, 11) is 0. The van der Waals surface area contributed by atoms with Crippen LogP contribution in [0.15, 0.2) is 30.3 Å². The lowest BCUT2D eigenvalue weighted by molar-refractivity contribution is 1.33. The minimum absolute atomic E-state index is 0.415. The van der Waals surface area contributed by atoms with Crippen LogP contribution in [0.4, 0.5) is 5.69 Å². The van der Waals surface area contributed by atoms with Gasteiger partial charge in [-0.05, 0) is 24.3 Å². The van der Waals surface area contributed by atoms with Gasteiger partial charge in [0.2, 0.25) is 0 Å². The van der Waals surface area contributed by atoms with Crippen LogP contribution >= 0.6 is 0 Å². The highest BCUT2D eigenvalue weighted by molar-refractivity contribution is 5.82. The zero-order valence-electron chi connectivity index (χ0n) is 6.86. The van der Waals surface area contributed by atoms with Crippen molar-refractivity contribution in [2.45, 2.75) is 0 Å². The van der Waals surface area contributed by atoms with E-state index in [-0.39, 0.29) is 0 Å². The van der Waals surface area contributed by atoms with Crippen LogP contribution in [-0.2, 0) is 0 Å². The highest BCUT2D eigenvalue weighted by Crippen LogP contribution is 2.15. The monoisotopic (exact) mass is 169 g/mol. The van der Waals surface area contributed by atoms with E-state index in [0.29, 0.717) is 11.4 Å². The number of nitrogens with two attached hydrogens (primary N) is 1. The minimum atomic E-state index is 0.415. The lowest BCUT2D eigenvalue weighted by Crippen LogP contribution is -1.87. The molecule has 1 aromatic heterocycles. The van der Waals surface area contributed by atoms with Gasteiger partial charge in [-0.25, -0.2) is 4.98 Å². The molecule has 0 fully saturated rings. The van der Waals surface area contributed by atoms with Gasteiger partial charge in [0.05, 0.1) is 5.52 Å². The first-order chi connectivity index (χ1) is 6.29. The van der Waals surface area contributed by atoms with Crippen molar-refractivity contribution in [2.24, 2.45) is 0 Å². The Morgan fingerprint density at radius 3 is 2.77 bits per heavy atom. The molecule has 0 saturated heterocycles. The average Bonchev–Trinajstić information content (AvgIpc) is 2.16. The van der Waals surface area contributed by atoms with Gasteiger partial charge in [0.1, 0.15) is 11.8 Å². The predicted molar refractivity (Wildman–Crippen MR) is 50.9 cm³/mol. The summed E-state index contributed by atoms with van der Waals surface area (Å²) < 4.78 is 0. The zero-order chi connectivity index (χ0) is 9.26. The topological polar surface area (TPSA) is 62.7 Å². The van der Waals surface area contributed by atoms with E-state index in [1.54, 1.807) is 12.1 Å². The lowest BCUT2D eigenvalue weighted by atomic mass is 10.2. The summed E-state index contributed by atoms with van der Waals surface area (Å²) in [4.78, 5) is 4.11. The van der Waals surface area contributed by atoms with Crippen LogP contribution in [0.3, 0.4) is 0 Å². The first-order valence-electron chi connectivity index (χ1n) is 3.86. The largest absolute Gasteiger partial charge is 0.399 e. The van der Waals surface area contributed by atoms with Crippen molar-refractivity contribution in [1.29, 1.82) is 5.26 Å². The summed E-state index contributed by atoms with van der Waals surface area (Å²) in [6, 6.07) is 11.0. The molecule has 0 aliphatic rings. The van der Waals surface area contributed by atoms with E-state index < -0.39 is 0 Å². The molecular formula is C10H7N3. The van der Waals surface area contributed by atoms with Crippen LogP contribution in [0.25, 0.3) is 10.9 Å². The molecular weight excluding hydrogens is 162 g/mol. The van der Waals surface area contributed by atoms with E-state index in [1.807, 2.05) is 24.3 Å². The summed E-state index contributed by atoms with van der Waals surface area (Å²) in [5, 5.41) is 9.62. The van der Waals surface area contributed by atoms with Crippen molar-refractivity contribution in [3.63, 3.8) is 0 Å². The molecule has 13 heavy (non-hydrogen) atoms. The molecule has 1 aromatic carbocycles. The van der Waals surface area contributed by atoms with Gasteiger partial charge < -0.3 is 5.73 Å². The molecule has 0 unspecified atom stereocenters. The van der Waals surface area contributed by atoms with Crippen LogP contribution in [0, 0.1) is 11.3 Å². The molecule has 62 valence electrons. The third-order valence-electron chi connectivity index (χ3n) is 1.83. The van der Waals surface area contributed by atoms with Gasteiger partial charge in [0, 0.05) is 11.1 Å². The lowest BCUT2D eigenvalue weighted by Gasteiger charge is -1.97. The standard InChI is InChI=1S/C10H7N3/c11-6-9-4-2-7-1-3-8(12)5-10(7)13-9/h1-5H,12H2. The molecule has 2 rings (SSSR count). The van der Waals surface area contributed by atoms with E-state index >= 15 is 0 Å². The number of hydrogen-bond donors (Lipinski definition) is 1. The number of fused-ring (bicyclic) bond motifs is 1. The molecule has 0 radical (unpaired) electrons. The summed E-state index contributed by atoms with van der Waals surface area (Å²) in [5.74, 6) is 0. The van der Waals surface area contributed by atoms with Crippen LogP contribution < -0.4 is 5.73 Å². The second-order valence-corrected chi connectivity index (χ2v) is 2.76. The number of hydrogen-bond acceptors (Lipinski definition) is 3. The fraction of sp³-hybridized carbons (Fsp3) is 0. The molecule has 3 heteroatoms. The van der Waals surface area contributed by atoms with Gasteiger partial charge in [0.25, 0.3) is 0 Å². The maximum absolute atomic E-state index is 8.62. The van der Waals surface area contributed by atoms with Crippen LogP contribution in [0.5, 0.6) is 0 Å². The van der Waals surface area contributed by atoms with Gasteiger partial charge in [-0.1, -0.05) is 6.07 Å². The second-order valence-electron chi connectivity index (χ2n) is 2.76. The Morgan fingerprint density at radius 1 is 1.23 bits per heavy atom. The number of nitriles is 1. The molecule has 1 heterocycles. The predicted octanol–water partition coefficient (Wildman–Crippen LogP) is 1.69. The van der Waals surface area contributed by atoms with Gasteiger partial charge in [0.15, 0.2) is 0 Å². The molecule has 0 saturated carbocycles. The highest BCUT2D eigenvalue weighted by Gasteiger charge is 1.96. The van der Waals surface area contributed by atoms with Crippen LogP contribution in [0.2, 0.25) is 0 Å². The van der Waals surface area contributed by atoms with Crippen molar-refractivity contribution in [3.05, 3.63) is 36.0 Å². The number of anilines is 1. The highest BCUT2D eigenvalue weighted by atomic mass is 14.7. The molecule has 0 amide bonds. The van der Waals surface area contributed by atoms with Crippen molar-refractivity contribution >= 4 is 16.6 Å². The Bertz CT molecular complexity index is 497. The van der Waals surface area contributed by atoms with E-state index in [4.69, 9.17) is 11.0 Å². The summed E-state index contributed by atoms with van der Waals surface area (Å²) in [6.07, 6.45) is 0. The van der Waals surface area contributed by atoms with Crippen LogP contribution in [-0.4, -0.2) is 4.98 Å². The molecule has 0 bridgehead atoms. The van der Waals surface area contributed by atoms with Gasteiger partial charge >= 0.3 is 0 Å². The van der Waals surface area contributed by atoms with Gasteiger partial charge in [-0.3, -0.25) is 0 Å². The first kappa shape index (κ1) is 7.56. The molecule has 0 spiro atoms. The van der Waals surface area contributed by atoms with E-state index in [0.717, 1.165) is 10.9 Å². The van der Waals surface area contributed by atoms with Crippen molar-refractivity contribution in [1.82, 2.24) is 4.98 Å². The molecule has 0 aliphatic heterocycles. The maximum atomic E-state index is 8.62. The molecule has 0 atom stereocenters. The molecule has 2 N–H and O–H groups in total. The number of nitrogen functional groups attached to an aromatic ring is 1. The summed E-state index contributed by atoms with van der Waals surface area (Å²) >= 11 is 0. The number of pyridine rings is 1. The van der Waals surface area contributed by atoms with Crippen LogP contribution in [0.1, 0.15) is 5.69 Å². The number of benzene rings is 1. The van der Waals surface area contributed by atoms with Gasteiger partial charge in [-0.2, -0.15) is 5.26 Å². The van der Waals surface area contributed by atoms with Crippen molar-refractivity contribution in [2.75, 3.05) is 5.73 Å². The summed E-state index contributed by atoms with van der Waals surface area (Å²) in [5.41, 5.74) is 7.43. The third kappa shape index (κ3) is 1.30. The molecule has 3 nitrogen and oxygen atoms in total. The first-order valence-corrected chi connectivity index (χ1v) is 3.86. The van der Waals surface area contributed by atoms with E-state index in [9.17, 15) is 0 Å². The number of rotatable bonds is 0. The molecule has 0 aliphatic carbocycles. The second kappa shape index (κ2) is 2.76. The van der Waals surface area contributed by atoms with Gasteiger partial charge in [-0.15, -0.1) is 0 Å². The number of nitrogens with zero attached hydrogens (tertiary/aromatic N) is 2. The van der Waals surface area contributed by atoms with E-state index in [1.165, 1.54) is 0 Å². The minimum Gasteiger partial charge on any atom is -0.399 e.